The van der Waals surface area contributed by atoms with E-state index in [-0.39, 0.29) is 88.3 Å². The normalized spacial score (nSPS) is 13.9. The van der Waals surface area contributed by atoms with Gasteiger partial charge in [0.05, 0.1) is 18.0 Å². The van der Waals surface area contributed by atoms with E-state index in [0.29, 0.717) is 18.1 Å². The van der Waals surface area contributed by atoms with E-state index >= 15 is 0 Å². The molecule has 8 nitrogen and oxygen atoms in total. The minimum atomic E-state index is 0. The number of nitrogen functional groups attached to an aromatic ring is 1. The van der Waals surface area contributed by atoms with Crippen LogP contribution in [-0.2, 0) is 9.53 Å². The van der Waals surface area contributed by atoms with Crippen LogP contribution in [0.5, 0.6) is 0 Å². The first-order chi connectivity index (χ1) is 13.1. The van der Waals surface area contributed by atoms with Gasteiger partial charge in [0.2, 0.25) is 5.91 Å². The standard InChI is InChI=1S/C9H15NO2.C6H7N5.2C2H6.CH3.Cs/c1-3-9(11)10-6-4-5-8(10)7-12-2;1-3-4-5(7)8-2-9-6(4)11-10-3;2*1-2;;/h3,8H,1,4-7H2,2H3;2H,1H3,(H3,7,8,9,10,11);2*1-2H3;1H3;/q;;;;-1;+1. The molecule has 0 spiro atoms. The molecule has 9 heteroatoms. The number of nitrogens with one attached hydrogen (secondary N) is 1. The molecule has 1 aliphatic rings. The average molecular weight is 526 g/mol. The summed E-state index contributed by atoms with van der Waals surface area (Å²) in [4.78, 5) is 20.9. The first-order valence-corrected chi connectivity index (χ1v) is 9.41. The zero-order chi connectivity index (χ0) is 20.8. The van der Waals surface area contributed by atoms with Gasteiger partial charge in [-0.05, 0) is 25.8 Å². The van der Waals surface area contributed by atoms with Gasteiger partial charge in [-0.1, -0.05) is 34.3 Å². The van der Waals surface area contributed by atoms with Gasteiger partial charge in [-0.15, -0.1) is 0 Å². The van der Waals surface area contributed by atoms with Crippen LogP contribution in [0, 0.1) is 14.4 Å². The second kappa shape index (κ2) is 19.5. The van der Waals surface area contributed by atoms with Gasteiger partial charge in [0.25, 0.3) is 0 Å². The van der Waals surface area contributed by atoms with Gasteiger partial charge >= 0.3 is 68.9 Å². The summed E-state index contributed by atoms with van der Waals surface area (Å²) in [5.41, 5.74) is 7.11. The fourth-order valence-electron chi connectivity index (χ4n) is 2.64. The van der Waals surface area contributed by atoms with Crippen LogP contribution in [0.4, 0.5) is 5.82 Å². The van der Waals surface area contributed by atoms with Gasteiger partial charge in [0, 0.05) is 19.3 Å². The largest absolute Gasteiger partial charge is 1.00 e. The van der Waals surface area contributed by atoms with E-state index in [2.05, 4.69) is 26.7 Å². The number of carbonyl (C=O) groups excluding carboxylic acids is 1. The maximum absolute atomic E-state index is 11.3. The predicted octanol–water partition coefficient (Wildman–Crippen LogP) is 0.560. The number of methoxy groups -OCH3 is 1. The number of amides is 1. The summed E-state index contributed by atoms with van der Waals surface area (Å²) in [5, 5.41) is 7.52. The molecular formula is C20H37CsN6O2. The number of carbonyl (C=O) groups is 1. The number of aryl methyl sites for hydroxylation is 1. The summed E-state index contributed by atoms with van der Waals surface area (Å²) in [7, 11) is 1.66. The molecule has 0 aliphatic carbocycles. The van der Waals surface area contributed by atoms with E-state index in [0.717, 1.165) is 30.5 Å². The second-order valence-corrected chi connectivity index (χ2v) is 5.29. The number of hydrogen-bond acceptors (Lipinski definition) is 6. The van der Waals surface area contributed by atoms with Crippen molar-refractivity contribution in [3.8, 4) is 0 Å². The van der Waals surface area contributed by atoms with Crippen molar-refractivity contribution in [2.45, 2.75) is 53.5 Å². The van der Waals surface area contributed by atoms with Gasteiger partial charge in [0.15, 0.2) is 5.65 Å². The first kappa shape index (κ1) is 33.2. The number of H-pyrrole nitrogens is 1. The van der Waals surface area contributed by atoms with E-state index < -0.39 is 0 Å². The minimum Gasteiger partial charge on any atom is -0.383 e. The van der Waals surface area contributed by atoms with E-state index in [1.807, 2.05) is 39.5 Å². The zero-order valence-electron chi connectivity index (χ0n) is 19.5. The molecule has 0 radical (unpaired) electrons. The Balaban J connectivity index is -0.000000376. The summed E-state index contributed by atoms with van der Waals surface area (Å²) in [5.74, 6) is 0.496. The van der Waals surface area contributed by atoms with Crippen LogP contribution in [0.15, 0.2) is 19.0 Å². The fraction of sp³-hybridized carbons (Fsp3) is 0.550. The van der Waals surface area contributed by atoms with Crippen LogP contribution in [0.2, 0.25) is 0 Å². The number of nitrogens with two attached hydrogens (primary N) is 1. The summed E-state index contributed by atoms with van der Waals surface area (Å²) >= 11 is 0. The number of hydrogen-bond donors (Lipinski definition) is 2. The molecular weight excluding hydrogens is 489 g/mol. The quantitative estimate of drug-likeness (QED) is 0.447. The smallest absolute Gasteiger partial charge is 0.383 e. The van der Waals surface area contributed by atoms with E-state index in [4.69, 9.17) is 10.5 Å². The molecule has 3 N–H and O–H groups in total. The Morgan fingerprint density at radius 3 is 2.52 bits per heavy atom. The van der Waals surface area contributed by atoms with Gasteiger partial charge in [0.1, 0.15) is 12.1 Å². The van der Waals surface area contributed by atoms with Crippen molar-refractivity contribution in [3.63, 3.8) is 0 Å². The van der Waals surface area contributed by atoms with Crippen LogP contribution in [0.25, 0.3) is 11.0 Å². The molecule has 1 fully saturated rings. The molecule has 1 amide bonds. The number of rotatable bonds is 3. The van der Waals surface area contributed by atoms with Gasteiger partial charge in [-0.2, -0.15) is 5.10 Å². The van der Waals surface area contributed by atoms with Crippen molar-refractivity contribution in [3.05, 3.63) is 32.1 Å². The monoisotopic (exact) mass is 526 g/mol. The molecule has 1 saturated heterocycles. The second-order valence-electron chi connectivity index (χ2n) is 5.29. The third kappa shape index (κ3) is 10.4. The number of ether oxygens (including phenoxy) is 1. The molecule has 1 atom stereocenters. The Hall–Kier alpha value is -0.428. The number of aromatic nitrogens is 4. The Kier molecular flexibility index (Phi) is 22.4. The van der Waals surface area contributed by atoms with Crippen LogP contribution in [0.1, 0.15) is 46.2 Å². The fourth-order valence-corrected chi connectivity index (χ4v) is 2.64. The van der Waals surface area contributed by atoms with Crippen molar-refractivity contribution in [2.24, 2.45) is 0 Å². The molecule has 1 aliphatic heterocycles. The number of anilines is 1. The Morgan fingerprint density at radius 1 is 1.38 bits per heavy atom. The summed E-state index contributed by atoms with van der Waals surface area (Å²) in [6.45, 7) is 14.8. The zero-order valence-corrected chi connectivity index (χ0v) is 25.7. The summed E-state index contributed by atoms with van der Waals surface area (Å²) in [6, 6.07) is 0.264. The molecule has 29 heavy (non-hydrogen) atoms. The Labute approximate surface area is 234 Å². The number of likely N-dealkylation sites (tertiary alicyclic amines) is 1. The number of fused-ring (bicyclic) bond motifs is 1. The third-order valence-electron chi connectivity index (χ3n) is 3.75. The Bertz CT molecular complexity index is 693. The minimum absolute atomic E-state index is 0. The van der Waals surface area contributed by atoms with Crippen molar-refractivity contribution in [1.29, 1.82) is 0 Å². The van der Waals surface area contributed by atoms with E-state index in [1.54, 1.807) is 7.11 Å². The van der Waals surface area contributed by atoms with Crippen LogP contribution in [-0.4, -0.2) is 57.3 Å². The van der Waals surface area contributed by atoms with Gasteiger partial charge < -0.3 is 22.8 Å². The summed E-state index contributed by atoms with van der Waals surface area (Å²) < 4.78 is 5.02. The third-order valence-corrected chi connectivity index (χ3v) is 3.75. The maximum Gasteiger partial charge on any atom is 1.00 e. The Morgan fingerprint density at radius 2 is 2.00 bits per heavy atom. The molecule has 2 aromatic rings. The average Bonchev–Trinajstić information content (AvgIpc) is 3.33. The van der Waals surface area contributed by atoms with Crippen molar-refractivity contribution >= 4 is 22.8 Å². The molecule has 3 heterocycles. The van der Waals surface area contributed by atoms with E-state index in [9.17, 15) is 4.79 Å². The predicted molar refractivity (Wildman–Crippen MR) is 117 cm³/mol. The first-order valence-electron chi connectivity index (χ1n) is 9.41. The maximum atomic E-state index is 11.3. The SMILES string of the molecule is C=CC(=O)N1CCCC1COC.CC.CC.Cc1[nH]nc2ncnc(N)c12.[CH3-].[Cs+]. The number of nitrogens with zero attached hydrogens (tertiary/aromatic N) is 4. The molecule has 3 rings (SSSR count). The van der Waals surface area contributed by atoms with Gasteiger partial charge in [-0.3, -0.25) is 9.89 Å². The van der Waals surface area contributed by atoms with Crippen molar-refractivity contribution in [2.75, 3.05) is 26.0 Å². The molecule has 1 unspecified atom stereocenters. The molecule has 0 aromatic carbocycles. The van der Waals surface area contributed by atoms with Crippen LogP contribution < -0.4 is 74.6 Å². The molecule has 0 bridgehead atoms. The van der Waals surface area contributed by atoms with E-state index in [1.165, 1.54) is 12.4 Å². The molecule has 0 saturated carbocycles. The van der Waals surface area contributed by atoms with Gasteiger partial charge in [-0.25, -0.2) is 9.97 Å². The molecule has 2 aromatic heterocycles. The molecule has 160 valence electrons. The van der Waals surface area contributed by atoms with Crippen LogP contribution >= 0.6 is 0 Å². The van der Waals surface area contributed by atoms with Crippen molar-refractivity contribution < 1.29 is 78.4 Å². The van der Waals surface area contributed by atoms with Crippen LogP contribution in [0.3, 0.4) is 0 Å². The summed E-state index contributed by atoms with van der Waals surface area (Å²) in [6.07, 6.45) is 4.90. The topological polar surface area (TPSA) is 110 Å². The number of aromatic amines is 1. The van der Waals surface area contributed by atoms with Crippen molar-refractivity contribution in [1.82, 2.24) is 25.1 Å².